The highest BCUT2D eigenvalue weighted by atomic mass is 19.1. The summed E-state index contributed by atoms with van der Waals surface area (Å²) in [5, 5.41) is 11.0. The number of aromatic nitrogens is 2. The van der Waals surface area contributed by atoms with Crippen LogP contribution in [0.15, 0.2) is 67.1 Å². The largest absolute Gasteiger partial charge is 0.389 e. The normalized spacial score (nSPS) is 15.9. The molecule has 148 valence electrons. The van der Waals surface area contributed by atoms with Gasteiger partial charge < -0.3 is 10.0 Å². The van der Waals surface area contributed by atoms with Crippen molar-refractivity contribution in [1.29, 1.82) is 0 Å². The van der Waals surface area contributed by atoms with Crippen molar-refractivity contribution in [1.82, 2.24) is 14.9 Å². The van der Waals surface area contributed by atoms with Crippen molar-refractivity contribution in [2.45, 2.75) is 24.9 Å². The van der Waals surface area contributed by atoms with Crippen LogP contribution in [0.5, 0.6) is 0 Å². The Morgan fingerprint density at radius 3 is 2.55 bits per heavy atom. The van der Waals surface area contributed by atoms with Gasteiger partial charge in [0, 0.05) is 31.3 Å². The van der Waals surface area contributed by atoms with E-state index in [1.165, 1.54) is 18.5 Å². The lowest BCUT2D eigenvalue weighted by molar-refractivity contribution is -0.0162. The predicted octanol–water partition coefficient (Wildman–Crippen LogP) is 3.49. The van der Waals surface area contributed by atoms with Gasteiger partial charge >= 0.3 is 0 Å². The maximum Gasteiger partial charge on any atom is 0.254 e. The molecule has 2 aromatic carbocycles. The number of carbonyl (C=O) groups excluding carboxylic acids is 1. The summed E-state index contributed by atoms with van der Waals surface area (Å²) in [6, 6.07) is 15.7. The predicted molar refractivity (Wildman–Crippen MR) is 108 cm³/mol. The molecule has 4 rings (SSSR count). The van der Waals surface area contributed by atoms with Gasteiger partial charge in [-0.15, -0.1) is 0 Å². The second-order valence-electron chi connectivity index (χ2n) is 7.46. The van der Waals surface area contributed by atoms with E-state index in [1.54, 1.807) is 23.2 Å². The van der Waals surface area contributed by atoms with E-state index in [0.29, 0.717) is 43.6 Å². The minimum atomic E-state index is -0.838. The Morgan fingerprint density at radius 1 is 1.10 bits per heavy atom. The van der Waals surface area contributed by atoms with E-state index >= 15 is 0 Å². The molecule has 1 amide bonds. The molecule has 0 radical (unpaired) electrons. The third-order valence-electron chi connectivity index (χ3n) is 5.43. The zero-order valence-electron chi connectivity index (χ0n) is 16.0. The van der Waals surface area contributed by atoms with Crippen molar-refractivity contribution >= 4 is 5.91 Å². The van der Waals surface area contributed by atoms with E-state index in [2.05, 4.69) is 9.97 Å². The molecule has 1 aliphatic rings. The minimum Gasteiger partial charge on any atom is -0.389 e. The lowest BCUT2D eigenvalue weighted by Gasteiger charge is -2.38. The molecule has 1 aromatic heterocycles. The fourth-order valence-electron chi connectivity index (χ4n) is 3.82. The molecule has 6 heteroatoms. The average molecular weight is 391 g/mol. The molecule has 1 aliphatic heterocycles. The van der Waals surface area contributed by atoms with Crippen molar-refractivity contribution in [3.05, 3.63) is 84.1 Å². The van der Waals surface area contributed by atoms with Crippen molar-refractivity contribution in [2.75, 3.05) is 13.1 Å². The number of piperidine rings is 1. The van der Waals surface area contributed by atoms with E-state index in [1.807, 2.05) is 30.3 Å². The SMILES string of the molecule is O=C(c1cc(F)ccc1-c1ccncn1)N1CCC(O)(Cc2ccccc2)CC1. The Hall–Kier alpha value is -3.12. The maximum absolute atomic E-state index is 13.9. The van der Waals surface area contributed by atoms with Gasteiger partial charge in [0.1, 0.15) is 12.1 Å². The number of aliphatic hydroxyl groups is 1. The fourth-order valence-corrected chi connectivity index (χ4v) is 3.82. The number of likely N-dealkylation sites (tertiary alicyclic amines) is 1. The van der Waals surface area contributed by atoms with Crippen LogP contribution in [0.25, 0.3) is 11.3 Å². The summed E-state index contributed by atoms with van der Waals surface area (Å²) < 4.78 is 13.9. The number of halogens is 1. The molecule has 1 N–H and O–H groups in total. The van der Waals surface area contributed by atoms with E-state index in [-0.39, 0.29) is 11.5 Å². The van der Waals surface area contributed by atoms with Crippen LogP contribution in [0.3, 0.4) is 0 Å². The molecule has 0 spiro atoms. The molecule has 3 aromatic rings. The van der Waals surface area contributed by atoms with Crippen molar-refractivity contribution in [3.63, 3.8) is 0 Å². The van der Waals surface area contributed by atoms with Crippen molar-refractivity contribution in [3.8, 4) is 11.3 Å². The lowest BCUT2D eigenvalue weighted by atomic mass is 9.85. The zero-order valence-corrected chi connectivity index (χ0v) is 16.0. The second kappa shape index (κ2) is 8.09. The number of rotatable bonds is 4. The number of nitrogens with zero attached hydrogens (tertiary/aromatic N) is 3. The molecule has 5 nitrogen and oxygen atoms in total. The highest BCUT2D eigenvalue weighted by Crippen LogP contribution is 2.29. The van der Waals surface area contributed by atoms with Gasteiger partial charge in [-0.1, -0.05) is 30.3 Å². The first kappa shape index (κ1) is 19.2. The summed E-state index contributed by atoms with van der Waals surface area (Å²) in [5.41, 5.74) is 1.66. The molecular formula is C23H22FN3O2. The second-order valence-corrected chi connectivity index (χ2v) is 7.46. The fraction of sp³-hybridized carbons (Fsp3) is 0.261. The van der Waals surface area contributed by atoms with Gasteiger partial charge in [-0.05, 0) is 42.7 Å². The zero-order chi connectivity index (χ0) is 20.3. The molecule has 29 heavy (non-hydrogen) atoms. The summed E-state index contributed by atoms with van der Waals surface area (Å²) in [4.78, 5) is 22.9. The monoisotopic (exact) mass is 391 g/mol. The highest BCUT2D eigenvalue weighted by molar-refractivity contribution is 6.00. The third kappa shape index (κ3) is 4.32. The molecule has 2 heterocycles. The third-order valence-corrected chi connectivity index (χ3v) is 5.43. The Bertz CT molecular complexity index is 988. The summed E-state index contributed by atoms with van der Waals surface area (Å²) in [7, 11) is 0. The molecule has 0 aliphatic carbocycles. The van der Waals surface area contributed by atoms with E-state index in [4.69, 9.17) is 0 Å². The first-order valence-corrected chi connectivity index (χ1v) is 9.66. The van der Waals surface area contributed by atoms with E-state index in [9.17, 15) is 14.3 Å². The smallest absolute Gasteiger partial charge is 0.254 e. The lowest BCUT2D eigenvalue weighted by Crippen LogP contribution is -2.47. The number of carbonyl (C=O) groups is 1. The molecule has 0 unspecified atom stereocenters. The van der Waals surface area contributed by atoms with Crippen LogP contribution < -0.4 is 0 Å². The molecular weight excluding hydrogens is 369 g/mol. The number of hydrogen-bond acceptors (Lipinski definition) is 4. The molecule has 0 saturated carbocycles. The van der Waals surface area contributed by atoms with Crippen LogP contribution in [0.4, 0.5) is 4.39 Å². The Balaban J connectivity index is 1.51. The number of benzene rings is 2. The Morgan fingerprint density at radius 2 is 1.86 bits per heavy atom. The molecule has 1 fully saturated rings. The average Bonchev–Trinajstić information content (AvgIpc) is 2.75. The molecule has 1 saturated heterocycles. The van der Waals surface area contributed by atoms with Gasteiger partial charge in [-0.25, -0.2) is 14.4 Å². The standard InChI is InChI=1S/C23H22FN3O2/c24-18-6-7-19(21-8-11-25-16-26-21)20(14-18)22(28)27-12-9-23(29,10-13-27)15-17-4-2-1-3-5-17/h1-8,11,14,16,29H,9-10,12-13,15H2. The van der Waals surface area contributed by atoms with Crippen LogP contribution >= 0.6 is 0 Å². The van der Waals surface area contributed by atoms with Crippen LogP contribution in [0.1, 0.15) is 28.8 Å². The van der Waals surface area contributed by atoms with Crippen LogP contribution in [0.2, 0.25) is 0 Å². The van der Waals surface area contributed by atoms with Gasteiger partial charge in [-0.3, -0.25) is 4.79 Å². The Kier molecular flexibility index (Phi) is 5.36. The number of amides is 1. The van der Waals surface area contributed by atoms with Crippen LogP contribution in [-0.4, -0.2) is 44.6 Å². The van der Waals surface area contributed by atoms with E-state index < -0.39 is 11.4 Å². The molecule has 0 atom stereocenters. The summed E-state index contributed by atoms with van der Waals surface area (Å²) in [5.74, 6) is -0.719. The number of hydrogen-bond donors (Lipinski definition) is 1. The van der Waals surface area contributed by atoms with Gasteiger partial charge in [0.15, 0.2) is 0 Å². The quantitative estimate of drug-likeness (QED) is 0.739. The van der Waals surface area contributed by atoms with Crippen LogP contribution in [-0.2, 0) is 6.42 Å². The van der Waals surface area contributed by atoms with Crippen LogP contribution in [0, 0.1) is 5.82 Å². The molecule has 0 bridgehead atoms. The first-order valence-electron chi connectivity index (χ1n) is 9.66. The van der Waals surface area contributed by atoms with Crippen molar-refractivity contribution in [2.24, 2.45) is 0 Å². The topological polar surface area (TPSA) is 66.3 Å². The summed E-state index contributed by atoms with van der Waals surface area (Å²) >= 11 is 0. The van der Waals surface area contributed by atoms with Gasteiger partial charge in [0.2, 0.25) is 0 Å². The van der Waals surface area contributed by atoms with Gasteiger partial charge in [-0.2, -0.15) is 0 Å². The summed E-state index contributed by atoms with van der Waals surface area (Å²) in [6.45, 7) is 0.837. The first-order chi connectivity index (χ1) is 14.0. The maximum atomic E-state index is 13.9. The van der Waals surface area contributed by atoms with Gasteiger partial charge in [0.05, 0.1) is 16.9 Å². The minimum absolute atomic E-state index is 0.250. The van der Waals surface area contributed by atoms with Gasteiger partial charge in [0.25, 0.3) is 5.91 Å². The van der Waals surface area contributed by atoms with E-state index in [0.717, 1.165) is 5.56 Å². The summed E-state index contributed by atoms with van der Waals surface area (Å²) in [6.07, 6.45) is 4.50. The Labute approximate surface area is 168 Å². The highest BCUT2D eigenvalue weighted by Gasteiger charge is 2.34. The van der Waals surface area contributed by atoms with Crippen molar-refractivity contribution < 1.29 is 14.3 Å².